The molecule has 0 saturated carbocycles. The first-order valence-corrected chi connectivity index (χ1v) is 5.58. The molecule has 0 aliphatic heterocycles. The Kier molecular flexibility index (Phi) is 4.06. The van der Waals surface area contributed by atoms with Crippen molar-refractivity contribution >= 4 is 11.8 Å². The van der Waals surface area contributed by atoms with Crippen LogP contribution in [0.25, 0.3) is 0 Å². The monoisotopic (exact) mass is 252 g/mol. The molecule has 0 fully saturated rings. The number of amides is 2. The first kappa shape index (κ1) is 14.2. The van der Waals surface area contributed by atoms with Gasteiger partial charge in [-0.25, -0.2) is 4.39 Å². The molecule has 5 heteroatoms. The average molecular weight is 252 g/mol. The lowest BCUT2D eigenvalue weighted by Crippen LogP contribution is -2.42. The highest BCUT2D eigenvalue weighted by molar-refractivity contribution is 5.95. The number of rotatable bonds is 4. The van der Waals surface area contributed by atoms with E-state index in [2.05, 4.69) is 5.32 Å². The Labute approximate surface area is 105 Å². The van der Waals surface area contributed by atoms with Crippen molar-refractivity contribution in [3.05, 3.63) is 35.1 Å². The van der Waals surface area contributed by atoms with Gasteiger partial charge in [0.15, 0.2) is 0 Å². The molecule has 0 atom stereocenters. The number of hydrogen-bond donors (Lipinski definition) is 2. The summed E-state index contributed by atoms with van der Waals surface area (Å²) in [6.45, 7) is 5.03. The van der Waals surface area contributed by atoms with Gasteiger partial charge in [-0.15, -0.1) is 0 Å². The van der Waals surface area contributed by atoms with Crippen molar-refractivity contribution in [1.82, 2.24) is 5.32 Å². The Hall–Kier alpha value is -1.91. The molecule has 0 aliphatic rings. The zero-order valence-electron chi connectivity index (χ0n) is 10.7. The minimum Gasteiger partial charge on any atom is -0.369 e. The first-order chi connectivity index (χ1) is 8.24. The smallest absolute Gasteiger partial charge is 0.254 e. The SMILES string of the molecule is Cc1ccc(C(=O)NCC(C)(C)C(N)=O)c(F)c1. The number of halogens is 1. The van der Waals surface area contributed by atoms with Gasteiger partial charge in [0.2, 0.25) is 5.91 Å². The summed E-state index contributed by atoms with van der Waals surface area (Å²) in [6, 6.07) is 4.35. The fourth-order valence-electron chi connectivity index (χ4n) is 1.29. The summed E-state index contributed by atoms with van der Waals surface area (Å²) in [5.74, 6) is -1.65. The van der Waals surface area contributed by atoms with Crippen LogP contribution in [0.5, 0.6) is 0 Å². The fraction of sp³-hybridized carbons (Fsp3) is 0.385. The zero-order chi connectivity index (χ0) is 13.9. The lowest BCUT2D eigenvalue weighted by Gasteiger charge is -2.20. The summed E-state index contributed by atoms with van der Waals surface area (Å²) in [6.07, 6.45) is 0. The molecule has 0 saturated heterocycles. The molecule has 4 nitrogen and oxygen atoms in total. The fourth-order valence-corrected chi connectivity index (χ4v) is 1.29. The Morgan fingerprint density at radius 1 is 1.39 bits per heavy atom. The highest BCUT2D eigenvalue weighted by Crippen LogP contribution is 2.14. The van der Waals surface area contributed by atoms with Crippen molar-refractivity contribution < 1.29 is 14.0 Å². The lowest BCUT2D eigenvalue weighted by molar-refractivity contribution is -0.125. The summed E-state index contributed by atoms with van der Waals surface area (Å²) < 4.78 is 13.5. The lowest BCUT2D eigenvalue weighted by atomic mass is 9.92. The molecule has 0 aromatic heterocycles. The van der Waals surface area contributed by atoms with E-state index in [1.54, 1.807) is 26.8 Å². The van der Waals surface area contributed by atoms with Gasteiger partial charge >= 0.3 is 0 Å². The molecule has 98 valence electrons. The number of nitrogens with one attached hydrogen (secondary N) is 1. The molecule has 1 aromatic carbocycles. The van der Waals surface area contributed by atoms with Crippen LogP contribution in [-0.4, -0.2) is 18.4 Å². The molecule has 3 N–H and O–H groups in total. The number of benzene rings is 1. The number of nitrogens with two attached hydrogens (primary N) is 1. The summed E-state index contributed by atoms with van der Waals surface area (Å²) in [4.78, 5) is 22.8. The molecule has 0 bridgehead atoms. The number of primary amides is 1. The second kappa shape index (κ2) is 5.16. The van der Waals surface area contributed by atoms with Crippen LogP contribution >= 0.6 is 0 Å². The zero-order valence-corrected chi connectivity index (χ0v) is 10.7. The Morgan fingerprint density at radius 3 is 2.50 bits per heavy atom. The normalized spacial score (nSPS) is 11.1. The topological polar surface area (TPSA) is 72.2 Å². The Balaban J connectivity index is 2.75. The van der Waals surface area contributed by atoms with E-state index in [1.807, 2.05) is 0 Å². The third kappa shape index (κ3) is 3.29. The van der Waals surface area contributed by atoms with Crippen LogP contribution in [0.3, 0.4) is 0 Å². The summed E-state index contributed by atoms with van der Waals surface area (Å²) in [5.41, 5.74) is 5.01. The maximum absolute atomic E-state index is 13.5. The average Bonchev–Trinajstić information content (AvgIpc) is 2.25. The third-order valence-electron chi connectivity index (χ3n) is 2.73. The van der Waals surface area contributed by atoms with Gasteiger partial charge in [-0.3, -0.25) is 9.59 Å². The standard InChI is InChI=1S/C13H17FN2O2/c1-8-4-5-9(10(14)6-8)11(17)16-7-13(2,3)12(15)18/h4-6H,7H2,1-3H3,(H2,15,18)(H,16,17). The Bertz CT molecular complexity index is 484. The van der Waals surface area contributed by atoms with Gasteiger partial charge < -0.3 is 11.1 Å². The van der Waals surface area contributed by atoms with Crippen molar-refractivity contribution in [2.24, 2.45) is 11.1 Å². The number of carbonyl (C=O) groups excluding carboxylic acids is 2. The van der Waals surface area contributed by atoms with Gasteiger partial charge in [0, 0.05) is 6.54 Å². The number of aryl methyl sites for hydroxylation is 1. The predicted molar refractivity (Wildman–Crippen MR) is 66.4 cm³/mol. The molecule has 18 heavy (non-hydrogen) atoms. The van der Waals surface area contributed by atoms with Crippen LogP contribution in [-0.2, 0) is 4.79 Å². The molecular formula is C13H17FN2O2. The highest BCUT2D eigenvalue weighted by Gasteiger charge is 2.26. The number of carbonyl (C=O) groups is 2. The van der Waals surface area contributed by atoms with Gasteiger partial charge in [-0.05, 0) is 38.5 Å². The number of hydrogen-bond acceptors (Lipinski definition) is 2. The summed E-state index contributed by atoms with van der Waals surface area (Å²) in [7, 11) is 0. The van der Waals surface area contributed by atoms with Crippen molar-refractivity contribution in [1.29, 1.82) is 0 Å². The van der Waals surface area contributed by atoms with Crippen LogP contribution in [0.15, 0.2) is 18.2 Å². The maximum atomic E-state index is 13.5. The second-order valence-corrected chi connectivity index (χ2v) is 4.91. The van der Waals surface area contributed by atoms with Crippen LogP contribution in [0.2, 0.25) is 0 Å². The van der Waals surface area contributed by atoms with Crippen molar-refractivity contribution in [2.45, 2.75) is 20.8 Å². The Morgan fingerprint density at radius 2 is 2.00 bits per heavy atom. The van der Waals surface area contributed by atoms with Crippen molar-refractivity contribution in [3.8, 4) is 0 Å². The van der Waals surface area contributed by atoms with Gasteiger partial charge in [-0.1, -0.05) is 6.07 Å². The van der Waals surface area contributed by atoms with Gasteiger partial charge in [-0.2, -0.15) is 0 Å². The molecule has 0 radical (unpaired) electrons. The van der Waals surface area contributed by atoms with Gasteiger partial charge in [0.05, 0.1) is 11.0 Å². The van der Waals surface area contributed by atoms with E-state index >= 15 is 0 Å². The maximum Gasteiger partial charge on any atom is 0.254 e. The second-order valence-electron chi connectivity index (χ2n) is 4.91. The largest absolute Gasteiger partial charge is 0.369 e. The van der Waals surface area contributed by atoms with Crippen molar-refractivity contribution in [2.75, 3.05) is 6.54 Å². The van der Waals surface area contributed by atoms with Crippen LogP contribution in [0.1, 0.15) is 29.8 Å². The third-order valence-corrected chi connectivity index (χ3v) is 2.73. The molecule has 0 aliphatic carbocycles. The first-order valence-electron chi connectivity index (χ1n) is 5.58. The van der Waals surface area contributed by atoms with Crippen LogP contribution < -0.4 is 11.1 Å². The highest BCUT2D eigenvalue weighted by atomic mass is 19.1. The van der Waals surface area contributed by atoms with E-state index in [0.717, 1.165) is 5.56 Å². The predicted octanol–water partition coefficient (Wildman–Crippen LogP) is 1.38. The minimum atomic E-state index is -0.864. The van der Waals surface area contributed by atoms with E-state index in [-0.39, 0.29) is 12.1 Å². The van der Waals surface area contributed by atoms with E-state index in [9.17, 15) is 14.0 Å². The van der Waals surface area contributed by atoms with Crippen LogP contribution in [0, 0.1) is 18.2 Å². The van der Waals surface area contributed by atoms with Crippen LogP contribution in [0.4, 0.5) is 4.39 Å². The molecule has 0 heterocycles. The van der Waals surface area contributed by atoms with E-state index < -0.39 is 23.0 Å². The molecule has 1 rings (SSSR count). The van der Waals surface area contributed by atoms with Crippen molar-refractivity contribution in [3.63, 3.8) is 0 Å². The molecule has 2 amide bonds. The molecule has 0 spiro atoms. The van der Waals surface area contributed by atoms with E-state index in [0.29, 0.717) is 0 Å². The van der Waals surface area contributed by atoms with E-state index in [4.69, 9.17) is 5.73 Å². The summed E-state index contributed by atoms with van der Waals surface area (Å²) >= 11 is 0. The minimum absolute atomic E-state index is 0.0409. The molecule has 1 aromatic rings. The van der Waals surface area contributed by atoms with Gasteiger partial charge in [0.1, 0.15) is 5.82 Å². The summed E-state index contributed by atoms with van der Waals surface area (Å²) in [5, 5.41) is 2.50. The van der Waals surface area contributed by atoms with E-state index in [1.165, 1.54) is 12.1 Å². The van der Waals surface area contributed by atoms with Gasteiger partial charge in [0.25, 0.3) is 5.91 Å². The molecular weight excluding hydrogens is 235 g/mol. The molecule has 0 unspecified atom stereocenters. The quantitative estimate of drug-likeness (QED) is 0.849.